The second-order valence-corrected chi connectivity index (χ2v) is 9.84. The Balaban J connectivity index is 1.34. The van der Waals surface area contributed by atoms with E-state index in [0.29, 0.717) is 0 Å². The lowest BCUT2D eigenvalue weighted by Crippen LogP contribution is -2.51. The van der Waals surface area contributed by atoms with E-state index in [0.717, 1.165) is 22.9 Å². The maximum absolute atomic E-state index is 13.1. The zero-order valence-corrected chi connectivity index (χ0v) is 19.0. The number of ether oxygens (including phenoxy) is 1. The van der Waals surface area contributed by atoms with Crippen LogP contribution in [-0.2, 0) is 19.6 Å². The second-order valence-electron chi connectivity index (χ2n) is 7.49. The second kappa shape index (κ2) is 9.46. The number of carbonyl (C=O) groups excluding carboxylic acids is 2. The van der Waals surface area contributed by atoms with Gasteiger partial charge in [0.2, 0.25) is 10.0 Å². The van der Waals surface area contributed by atoms with Gasteiger partial charge in [0.05, 0.1) is 15.5 Å². The molecule has 1 fully saturated rings. The molecule has 0 saturated carbocycles. The Morgan fingerprint density at radius 2 is 1.64 bits per heavy atom. The van der Waals surface area contributed by atoms with Crippen LogP contribution in [0.25, 0.3) is 10.8 Å². The van der Waals surface area contributed by atoms with Crippen LogP contribution in [0, 0.1) is 5.82 Å². The minimum Gasteiger partial charge on any atom is -0.452 e. The van der Waals surface area contributed by atoms with Crippen molar-refractivity contribution in [1.29, 1.82) is 0 Å². The lowest BCUT2D eigenvalue weighted by atomic mass is 10.1. The number of esters is 1. The maximum Gasteiger partial charge on any atom is 0.340 e. The van der Waals surface area contributed by atoms with Gasteiger partial charge in [-0.25, -0.2) is 17.6 Å². The van der Waals surface area contributed by atoms with Gasteiger partial charge >= 0.3 is 5.97 Å². The lowest BCUT2D eigenvalue weighted by Gasteiger charge is -2.33. The van der Waals surface area contributed by atoms with Crippen LogP contribution in [0.3, 0.4) is 0 Å². The predicted octanol–water partition coefficient (Wildman–Crippen LogP) is 3.32. The first-order valence-corrected chi connectivity index (χ1v) is 12.0. The molecule has 0 aliphatic carbocycles. The highest BCUT2D eigenvalue weighted by atomic mass is 35.5. The summed E-state index contributed by atoms with van der Waals surface area (Å²) in [6.07, 6.45) is 0. The first-order chi connectivity index (χ1) is 15.8. The summed E-state index contributed by atoms with van der Waals surface area (Å²) in [5, 5.41) is 1.67. The molecule has 3 aromatic rings. The molecule has 10 heteroatoms. The van der Waals surface area contributed by atoms with Crippen molar-refractivity contribution >= 4 is 44.3 Å². The predicted molar refractivity (Wildman–Crippen MR) is 121 cm³/mol. The SMILES string of the molecule is O=C(OCC(=O)N1CCN(S(=O)(=O)c2ccc3ccccc3c2)CC1)c1ccc(F)cc1Cl. The molecule has 33 heavy (non-hydrogen) atoms. The summed E-state index contributed by atoms with van der Waals surface area (Å²) in [4.78, 5) is 26.2. The van der Waals surface area contributed by atoms with Crippen LogP contribution >= 0.6 is 11.6 Å². The van der Waals surface area contributed by atoms with Crippen LogP contribution in [0.2, 0.25) is 5.02 Å². The molecule has 0 bridgehead atoms. The highest BCUT2D eigenvalue weighted by Crippen LogP contribution is 2.23. The monoisotopic (exact) mass is 490 g/mol. The largest absolute Gasteiger partial charge is 0.452 e. The fourth-order valence-electron chi connectivity index (χ4n) is 3.61. The van der Waals surface area contributed by atoms with Crippen LogP contribution in [0.5, 0.6) is 0 Å². The number of piperazine rings is 1. The highest BCUT2D eigenvalue weighted by Gasteiger charge is 2.30. The van der Waals surface area contributed by atoms with Gasteiger partial charge in [0.25, 0.3) is 5.91 Å². The molecule has 1 saturated heterocycles. The van der Waals surface area contributed by atoms with Crippen molar-refractivity contribution in [3.63, 3.8) is 0 Å². The van der Waals surface area contributed by atoms with E-state index in [4.69, 9.17) is 16.3 Å². The number of rotatable bonds is 5. The van der Waals surface area contributed by atoms with Gasteiger partial charge in [-0.05, 0) is 41.1 Å². The number of sulfonamides is 1. The molecule has 4 rings (SSSR count). The molecule has 1 aliphatic heterocycles. The zero-order chi connectivity index (χ0) is 23.6. The number of hydrogen-bond donors (Lipinski definition) is 0. The molecular formula is C23H20ClFN2O5S. The number of amides is 1. The zero-order valence-electron chi connectivity index (χ0n) is 17.4. The molecule has 0 atom stereocenters. The van der Waals surface area contributed by atoms with Crippen molar-refractivity contribution < 1.29 is 27.1 Å². The fourth-order valence-corrected chi connectivity index (χ4v) is 5.31. The topological polar surface area (TPSA) is 84.0 Å². The molecule has 3 aromatic carbocycles. The van der Waals surface area contributed by atoms with Crippen molar-refractivity contribution in [3.8, 4) is 0 Å². The Morgan fingerprint density at radius 3 is 2.33 bits per heavy atom. The Bertz CT molecular complexity index is 1320. The smallest absolute Gasteiger partial charge is 0.340 e. The number of carbonyl (C=O) groups is 2. The summed E-state index contributed by atoms with van der Waals surface area (Å²) in [6, 6.07) is 15.7. The van der Waals surface area contributed by atoms with Crippen LogP contribution in [0.15, 0.2) is 65.6 Å². The third-order valence-electron chi connectivity index (χ3n) is 5.43. The third-order valence-corrected chi connectivity index (χ3v) is 7.64. The number of nitrogens with zero attached hydrogens (tertiary/aromatic N) is 2. The van der Waals surface area contributed by atoms with E-state index >= 15 is 0 Å². The van der Waals surface area contributed by atoms with E-state index < -0.39 is 34.3 Å². The van der Waals surface area contributed by atoms with Gasteiger partial charge in [-0.1, -0.05) is 41.9 Å². The quantitative estimate of drug-likeness (QED) is 0.512. The minimum atomic E-state index is -3.71. The van der Waals surface area contributed by atoms with E-state index in [1.165, 1.54) is 15.3 Å². The van der Waals surface area contributed by atoms with Crippen LogP contribution in [0.1, 0.15) is 10.4 Å². The summed E-state index contributed by atoms with van der Waals surface area (Å²) in [7, 11) is -3.71. The standard InChI is InChI=1S/C23H20ClFN2O5S/c24-21-14-18(25)6-8-20(21)23(29)32-15-22(28)26-9-11-27(12-10-26)33(30,31)19-7-5-16-3-1-2-4-17(16)13-19/h1-8,13-14H,9-12,15H2. The number of fused-ring (bicyclic) bond motifs is 1. The molecule has 0 radical (unpaired) electrons. The first-order valence-electron chi connectivity index (χ1n) is 10.1. The molecule has 0 spiro atoms. The number of benzene rings is 3. The minimum absolute atomic E-state index is 0.0443. The molecular weight excluding hydrogens is 471 g/mol. The van der Waals surface area contributed by atoms with Gasteiger partial charge in [0, 0.05) is 26.2 Å². The Kier molecular flexibility index (Phi) is 6.64. The van der Waals surface area contributed by atoms with Gasteiger partial charge in [-0.15, -0.1) is 0 Å². The molecule has 1 heterocycles. The first kappa shape index (κ1) is 23.2. The van der Waals surface area contributed by atoms with Crippen molar-refractivity contribution in [1.82, 2.24) is 9.21 Å². The number of halogens is 2. The molecule has 172 valence electrons. The summed E-state index contributed by atoms with van der Waals surface area (Å²) < 4.78 is 45.6. The highest BCUT2D eigenvalue weighted by molar-refractivity contribution is 7.89. The van der Waals surface area contributed by atoms with Crippen LogP contribution in [0.4, 0.5) is 4.39 Å². The van der Waals surface area contributed by atoms with Crippen molar-refractivity contribution in [2.75, 3.05) is 32.8 Å². The van der Waals surface area contributed by atoms with E-state index in [1.54, 1.807) is 18.2 Å². The van der Waals surface area contributed by atoms with Crippen molar-refractivity contribution in [3.05, 3.63) is 77.1 Å². The van der Waals surface area contributed by atoms with E-state index in [2.05, 4.69) is 0 Å². The third kappa shape index (κ3) is 5.00. The van der Waals surface area contributed by atoms with Gasteiger partial charge in [-0.2, -0.15) is 4.31 Å². The van der Waals surface area contributed by atoms with Gasteiger partial charge in [0.15, 0.2) is 6.61 Å². The van der Waals surface area contributed by atoms with E-state index in [1.807, 2.05) is 24.3 Å². The van der Waals surface area contributed by atoms with E-state index in [9.17, 15) is 22.4 Å². The van der Waals surface area contributed by atoms with Crippen LogP contribution in [-0.4, -0.2) is 62.3 Å². The molecule has 0 unspecified atom stereocenters. The van der Waals surface area contributed by atoms with Gasteiger partial charge in [-0.3, -0.25) is 4.79 Å². The average Bonchev–Trinajstić information content (AvgIpc) is 2.82. The maximum atomic E-state index is 13.1. The molecule has 0 aromatic heterocycles. The van der Waals surface area contributed by atoms with E-state index in [-0.39, 0.29) is 41.7 Å². The Morgan fingerprint density at radius 1 is 0.939 bits per heavy atom. The summed E-state index contributed by atoms with van der Waals surface area (Å²) in [5.74, 6) is -1.89. The summed E-state index contributed by atoms with van der Waals surface area (Å²) in [5.41, 5.74) is -0.0443. The Labute approximate surface area is 195 Å². The van der Waals surface area contributed by atoms with Crippen molar-refractivity contribution in [2.45, 2.75) is 4.90 Å². The average molecular weight is 491 g/mol. The van der Waals surface area contributed by atoms with Gasteiger partial charge in [0.1, 0.15) is 5.82 Å². The van der Waals surface area contributed by atoms with Crippen molar-refractivity contribution in [2.24, 2.45) is 0 Å². The fraction of sp³-hybridized carbons (Fsp3) is 0.217. The summed E-state index contributed by atoms with van der Waals surface area (Å²) >= 11 is 5.83. The van der Waals surface area contributed by atoms with Gasteiger partial charge < -0.3 is 9.64 Å². The molecule has 1 amide bonds. The number of hydrogen-bond acceptors (Lipinski definition) is 5. The lowest BCUT2D eigenvalue weighted by molar-refractivity contribution is -0.135. The normalized spacial score (nSPS) is 14.9. The van der Waals surface area contributed by atoms with Crippen LogP contribution < -0.4 is 0 Å². The molecule has 0 N–H and O–H groups in total. The molecule has 7 nitrogen and oxygen atoms in total. The summed E-state index contributed by atoms with van der Waals surface area (Å²) in [6.45, 7) is 0.0578. The Hall–Kier alpha value is -3.01. The molecule has 1 aliphatic rings.